The Morgan fingerprint density at radius 2 is 2.12 bits per heavy atom. The molecular weight excluding hydrogens is 220 g/mol. The fourth-order valence-electron chi connectivity index (χ4n) is 1.69. The summed E-state index contributed by atoms with van der Waals surface area (Å²) < 4.78 is 0. The van der Waals surface area contributed by atoms with Gasteiger partial charge in [0.1, 0.15) is 5.69 Å². The fraction of sp³-hybridized carbons (Fsp3) is 0.667. The Hall–Kier alpha value is -0.900. The van der Waals surface area contributed by atoms with Gasteiger partial charge in [-0.2, -0.15) is 0 Å². The van der Waals surface area contributed by atoms with Gasteiger partial charge in [-0.15, -0.1) is 11.3 Å². The van der Waals surface area contributed by atoms with Crippen molar-refractivity contribution in [3.05, 3.63) is 16.6 Å². The standard InChI is InChI=1S/C12H20N2OS/c1-4-10(5-2)7-14(6-3)12(15)11-8-16-9-13-11/h8-10H,4-7H2,1-3H3. The van der Waals surface area contributed by atoms with Gasteiger partial charge in [0.05, 0.1) is 5.51 Å². The third-order valence-electron chi connectivity index (χ3n) is 2.95. The van der Waals surface area contributed by atoms with E-state index in [2.05, 4.69) is 18.8 Å². The Labute approximate surface area is 101 Å². The van der Waals surface area contributed by atoms with E-state index in [9.17, 15) is 4.79 Å². The van der Waals surface area contributed by atoms with Gasteiger partial charge in [-0.1, -0.05) is 26.7 Å². The first-order chi connectivity index (χ1) is 7.72. The molecule has 0 saturated heterocycles. The van der Waals surface area contributed by atoms with Crippen LogP contribution in [0.25, 0.3) is 0 Å². The van der Waals surface area contributed by atoms with Crippen LogP contribution in [0.3, 0.4) is 0 Å². The van der Waals surface area contributed by atoms with Gasteiger partial charge in [0.15, 0.2) is 0 Å². The van der Waals surface area contributed by atoms with Crippen molar-refractivity contribution in [2.24, 2.45) is 5.92 Å². The summed E-state index contributed by atoms with van der Waals surface area (Å²) in [4.78, 5) is 18.0. The molecule has 0 atom stereocenters. The van der Waals surface area contributed by atoms with Crippen molar-refractivity contribution < 1.29 is 4.79 Å². The lowest BCUT2D eigenvalue weighted by Crippen LogP contribution is -2.35. The second-order valence-corrected chi connectivity index (χ2v) is 4.62. The molecule has 0 aromatic carbocycles. The van der Waals surface area contributed by atoms with E-state index in [1.54, 1.807) is 5.51 Å². The molecule has 3 nitrogen and oxygen atoms in total. The molecule has 90 valence electrons. The molecule has 1 rings (SSSR count). The first-order valence-corrected chi connectivity index (χ1v) is 6.84. The number of thiazole rings is 1. The summed E-state index contributed by atoms with van der Waals surface area (Å²) in [6.07, 6.45) is 2.24. The molecule has 4 heteroatoms. The first kappa shape index (κ1) is 13.2. The largest absolute Gasteiger partial charge is 0.337 e. The van der Waals surface area contributed by atoms with Crippen molar-refractivity contribution in [3.8, 4) is 0 Å². The van der Waals surface area contributed by atoms with Crippen molar-refractivity contribution >= 4 is 17.2 Å². The van der Waals surface area contributed by atoms with Gasteiger partial charge < -0.3 is 4.90 Å². The summed E-state index contributed by atoms with van der Waals surface area (Å²) in [6, 6.07) is 0. The van der Waals surface area contributed by atoms with Gasteiger partial charge in [0.25, 0.3) is 5.91 Å². The van der Waals surface area contributed by atoms with Gasteiger partial charge in [-0.3, -0.25) is 4.79 Å². The SMILES string of the molecule is CCC(CC)CN(CC)C(=O)c1cscn1. The van der Waals surface area contributed by atoms with Crippen LogP contribution in [0.2, 0.25) is 0 Å². The zero-order valence-electron chi connectivity index (χ0n) is 10.3. The highest BCUT2D eigenvalue weighted by Crippen LogP contribution is 2.12. The maximum Gasteiger partial charge on any atom is 0.273 e. The molecule has 1 amide bonds. The average Bonchev–Trinajstić information content (AvgIpc) is 2.83. The van der Waals surface area contributed by atoms with Crippen molar-refractivity contribution in [2.75, 3.05) is 13.1 Å². The van der Waals surface area contributed by atoms with Crippen LogP contribution < -0.4 is 0 Å². The Kier molecular flexibility index (Phi) is 5.46. The van der Waals surface area contributed by atoms with Gasteiger partial charge in [0.2, 0.25) is 0 Å². The molecule has 0 saturated carbocycles. The lowest BCUT2D eigenvalue weighted by molar-refractivity contribution is 0.0730. The maximum absolute atomic E-state index is 12.1. The molecule has 0 bridgehead atoms. The number of hydrogen-bond acceptors (Lipinski definition) is 3. The van der Waals surface area contributed by atoms with E-state index in [-0.39, 0.29) is 5.91 Å². The highest BCUT2D eigenvalue weighted by molar-refractivity contribution is 7.07. The minimum atomic E-state index is 0.0654. The smallest absolute Gasteiger partial charge is 0.273 e. The lowest BCUT2D eigenvalue weighted by atomic mass is 10.0. The Morgan fingerprint density at radius 1 is 1.44 bits per heavy atom. The lowest BCUT2D eigenvalue weighted by Gasteiger charge is -2.24. The predicted octanol–water partition coefficient (Wildman–Crippen LogP) is 3.04. The van der Waals surface area contributed by atoms with E-state index in [4.69, 9.17) is 0 Å². The van der Waals surface area contributed by atoms with Crippen LogP contribution in [0.5, 0.6) is 0 Å². The van der Waals surface area contributed by atoms with Crippen LogP contribution in [-0.2, 0) is 0 Å². The summed E-state index contributed by atoms with van der Waals surface area (Å²) in [5.41, 5.74) is 2.29. The van der Waals surface area contributed by atoms with Gasteiger partial charge in [-0.05, 0) is 12.8 Å². The van der Waals surface area contributed by atoms with Crippen molar-refractivity contribution in [1.82, 2.24) is 9.88 Å². The summed E-state index contributed by atoms with van der Waals surface area (Å²) in [5, 5.41) is 1.82. The molecule has 1 aromatic rings. The monoisotopic (exact) mass is 240 g/mol. The number of amides is 1. The Balaban J connectivity index is 2.64. The molecule has 1 heterocycles. The van der Waals surface area contributed by atoms with E-state index < -0.39 is 0 Å². The number of hydrogen-bond donors (Lipinski definition) is 0. The van der Waals surface area contributed by atoms with Crippen molar-refractivity contribution in [3.63, 3.8) is 0 Å². The summed E-state index contributed by atoms with van der Waals surface area (Å²) >= 11 is 1.47. The number of carbonyl (C=O) groups is 1. The number of aromatic nitrogens is 1. The van der Waals surface area contributed by atoms with Gasteiger partial charge in [-0.25, -0.2) is 4.98 Å². The zero-order chi connectivity index (χ0) is 12.0. The van der Waals surface area contributed by atoms with Crippen LogP contribution >= 0.6 is 11.3 Å². The van der Waals surface area contributed by atoms with Crippen LogP contribution in [0.15, 0.2) is 10.9 Å². The van der Waals surface area contributed by atoms with Gasteiger partial charge >= 0.3 is 0 Å². The molecule has 0 unspecified atom stereocenters. The number of nitrogens with zero attached hydrogens (tertiary/aromatic N) is 2. The molecule has 0 aliphatic heterocycles. The predicted molar refractivity (Wildman–Crippen MR) is 67.8 cm³/mol. The first-order valence-electron chi connectivity index (χ1n) is 5.90. The minimum Gasteiger partial charge on any atom is -0.337 e. The van der Waals surface area contributed by atoms with Crippen LogP contribution in [-0.4, -0.2) is 28.9 Å². The zero-order valence-corrected chi connectivity index (χ0v) is 11.1. The van der Waals surface area contributed by atoms with E-state index in [1.165, 1.54) is 11.3 Å². The van der Waals surface area contributed by atoms with Crippen LogP contribution in [0.4, 0.5) is 0 Å². The Bertz CT molecular complexity index is 307. The van der Waals surface area contributed by atoms with Crippen molar-refractivity contribution in [2.45, 2.75) is 33.6 Å². The molecule has 16 heavy (non-hydrogen) atoms. The van der Waals surface area contributed by atoms with E-state index in [1.807, 2.05) is 17.2 Å². The summed E-state index contributed by atoms with van der Waals surface area (Å²) in [6.45, 7) is 7.98. The molecule has 1 aromatic heterocycles. The highest BCUT2D eigenvalue weighted by Gasteiger charge is 2.18. The quantitative estimate of drug-likeness (QED) is 0.765. The van der Waals surface area contributed by atoms with E-state index in [0.717, 1.165) is 25.9 Å². The third-order valence-corrected chi connectivity index (χ3v) is 3.54. The third kappa shape index (κ3) is 3.30. The topological polar surface area (TPSA) is 33.2 Å². The fourth-order valence-corrected chi connectivity index (χ4v) is 2.22. The molecule has 0 fully saturated rings. The molecular formula is C12H20N2OS. The van der Waals surface area contributed by atoms with Crippen LogP contribution in [0, 0.1) is 5.92 Å². The molecule has 0 N–H and O–H groups in total. The normalized spacial score (nSPS) is 10.8. The second kappa shape index (κ2) is 6.63. The second-order valence-electron chi connectivity index (χ2n) is 3.90. The van der Waals surface area contributed by atoms with Crippen molar-refractivity contribution in [1.29, 1.82) is 0 Å². The van der Waals surface area contributed by atoms with Gasteiger partial charge in [0, 0.05) is 18.5 Å². The highest BCUT2D eigenvalue weighted by atomic mass is 32.1. The maximum atomic E-state index is 12.1. The number of rotatable bonds is 6. The van der Waals surface area contributed by atoms with Crippen LogP contribution in [0.1, 0.15) is 44.1 Å². The Morgan fingerprint density at radius 3 is 2.56 bits per heavy atom. The average molecular weight is 240 g/mol. The summed E-state index contributed by atoms with van der Waals surface area (Å²) in [5.74, 6) is 0.665. The molecule has 0 radical (unpaired) electrons. The summed E-state index contributed by atoms with van der Waals surface area (Å²) in [7, 11) is 0. The molecule has 0 spiro atoms. The van der Waals surface area contributed by atoms with E-state index >= 15 is 0 Å². The molecule has 0 aliphatic rings. The van der Waals surface area contributed by atoms with E-state index in [0.29, 0.717) is 11.6 Å². The minimum absolute atomic E-state index is 0.0654. The number of carbonyl (C=O) groups excluding carboxylic acids is 1. The molecule has 0 aliphatic carbocycles.